The van der Waals surface area contributed by atoms with E-state index in [2.05, 4.69) is 10.3 Å². The van der Waals surface area contributed by atoms with E-state index in [4.69, 9.17) is 15.0 Å². The van der Waals surface area contributed by atoms with E-state index < -0.39 is 10.9 Å². The first-order valence-electron chi connectivity index (χ1n) is 7.39. The molecule has 0 radical (unpaired) electrons. The van der Waals surface area contributed by atoms with E-state index in [9.17, 15) is 14.9 Å². The van der Waals surface area contributed by atoms with Gasteiger partial charge in [0.15, 0.2) is 5.84 Å². The average molecular weight is 355 g/mol. The summed E-state index contributed by atoms with van der Waals surface area (Å²) in [4.78, 5) is 26.8. The van der Waals surface area contributed by atoms with Crippen LogP contribution in [0.5, 0.6) is 0 Å². The summed E-state index contributed by atoms with van der Waals surface area (Å²) in [7, 11) is 0. The van der Waals surface area contributed by atoms with Crippen molar-refractivity contribution in [1.82, 2.24) is 9.78 Å². The number of nitrogens with zero attached hydrogens (tertiary/aromatic N) is 4. The Balaban J connectivity index is 1.63. The normalized spacial score (nSPS) is 11.3. The van der Waals surface area contributed by atoms with Gasteiger partial charge in [0.1, 0.15) is 5.76 Å². The SMILES string of the molecule is N/C(=N\OC(=O)c1ccc(Cn2cccn2)o1)c1ccc([N+](=O)[O-])cc1. The van der Waals surface area contributed by atoms with Crippen LogP contribution in [0.2, 0.25) is 0 Å². The lowest BCUT2D eigenvalue weighted by molar-refractivity contribution is -0.384. The molecule has 0 unspecified atom stereocenters. The van der Waals surface area contributed by atoms with Crippen LogP contribution in [0.1, 0.15) is 21.9 Å². The van der Waals surface area contributed by atoms with E-state index in [-0.39, 0.29) is 17.3 Å². The van der Waals surface area contributed by atoms with E-state index >= 15 is 0 Å². The van der Waals surface area contributed by atoms with Crippen LogP contribution in [-0.2, 0) is 11.4 Å². The van der Waals surface area contributed by atoms with Gasteiger partial charge in [-0.05, 0) is 30.3 Å². The van der Waals surface area contributed by atoms with Gasteiger partial charge in [0, 0.05) is 30.1 Å². The molecule has 0 bridgehead atoms. The summed E-state index contributed by atoms with van der Waals surface area (Å²) in [6.45, 7) is 0.370. The Kier molecular flexibility index (Phi) is 4.74. The highest BCUT2D eigenvalue weighted by Gasteiger charge is 2.14. The van der Waals surface area contributed by atoms with Crippen molar-refractivity contribution in [3.05, 3.63) is 82.1 Å². The summed E-state index contributed by atoms with van der Waals surface area (Å²) in [5.41, 5.74) is 6.00. The van der Waals surface area contributed by atoms with Crippen LogP contribution >= 0.6 is 0 Å². The van der Waals surface area contributed by atoms with Gasteiger partial charge in [0.25, 0.3) is 5.69 Å². The van der Waals surface area contributed by atoms with E-state index in [0.29, 0.717) is 17.9 Å². The number of amidine groups is 1. The number of nitro groups is 1. The molecule has 26 heavy (non-hydrogen) atoms. The van der Waals surface area contributed by atoms with E-state index in [1.807, 2.05) is 0 Å². The lowest BCUT2D eigenvalue weighted by Crippen LogP contribution is -2.15. The Bertz CT molecular complexity index is 944. The summed E-state index contributed by atoms with van der Waals surface area (Å²) >= 11 is 0. The van der Waals surface area contributed by atoms with Crippen LogP contribution in [0.3, 0.4) is 0 Å². The van der Waals surface area contributed by atoms with Crippen LogP contribution in [0, 0.1) is 10.1 Å². The first-order valence-corrected chi connectivity index (χ1v) is 7.39. The number of oxime groups is 1. The summed E-state index contributed by atoms with van der Waals surface area (Å²) in [6.07, 6.45) is 3.39. The number of carbonyl (C=O) groups excluding carboxylic acids is 1. The lowest BCUT2D eigenvalue weighted by atomic mass is 10.2. The number of benzene rings is 1. The standard InChI is InChI=1S/C16H13N5O5/c17-15(11-2-4-12(5-3-11)21(23)24)19-26-16(22)14-7-6-13(25-14)10-20-9-1-8-18-20/h1-9H,10H2,(H2,17,19). The molecule has 0 fully saturated rings. The Morgan fingerprint density at radius 1 is 1.31 bits per heavy atom. The smallest absolute Gasteiger partial charge is 0.400 e. The molecule has 0 amide bonds. The molecule has 10 heteroatoms. The molecule has 0 atom stereocenters. The van der Waals surface area contributed by atoms with E-state index in [0.717, 1.165) is 0 Å². The molecule has 0 aliphatic heterocycles. The van der Waals surface area contributed by atoms with Crippen molar-refractivity contribution in [3.8, 4) is 0 Å². The molecule has 0 spiro atoms. The third-order valence-electron chi connectivity index (χ3n) is 3.34. The number of hydrogen-bond acceptors (Lipinski definition) is 7. The summed E-state index contributed by atoms with van der Waals surface area (Å²) in [5.74, 6) is -0.432. The van der Waals surface area contributed by atoms with Crippen LogP contribution in [0.4, 0.5) is 5.69 Å². The molecular weight excluding hydrogens is 342 g/mol. The molecule has 0 aliphatic rings. The van der Waals surface area contributed by atoms with Crippen molar-refractivity contribution >= 4 is 17.5 Å². The minimum absolute atomic E-state index is 0.0348. The number of hydrogen-bond donors (Lipinski definition) is 1. The maximum atomic E-state index is 11.9. The zero-order valence-electron chi connectivity index (χ0n) is 13.3. The summed E-state index contributed by atoms with van der Waals surface area (Å²) in [5, 5.41) is 18.2. The molecule has 132 valence electrons. The van der Waals surface area contributed by atoms with Gasteiger partial charge in [0.05, 0.1) is 11.5 Å². The van der Waals surface area contributed by atoms with Crippen molar-refractivity contribution in [3.63, 3.8) is 0 Å². The number of aromatic nitrogens is 2. The van der Waals surface area contributed by atoms with Gasteiger partial charge in [-0.1, -0.05) is 5.16 Å². The summed E-state index contributed by atoms with van der Waals surface area (Å²) in [6, 6.07) is 10.2. The molecule has 0 saturated carbocycles. The predicted octanol–water partition coefficient (Wildman–Crippen LogP) is 1.91. The van der Waals surface area contributed by atoms with Gasteiger partial charge in [-0.25, -0.2) is 4.79 Å². The molecule has 2 heterocycles. The van der Waals surface area contributed by atoms with Crippen molar-refractivity contribution in [2.75, 3.05) is 0 Å². The fourth-order valence-corrected chi connectivity index (χ4v) is 2.07. The largest absolute Gasteiger partial charge is 0.452 e. The highest BCUT2D eigenvalue weighted by atomic mass is 16.7. The Morgan fingerprint density at radius 3 is 2.73 bits per heavy atom. The second kappa shape index (κ2) is 7.30. The first kappa shape index (κ1) is 16.9. The van der Waals surface area contributed by atoms with Crippen LogP contribution in [0.15, 0.2) is 64.4 Å². The Morgan fingerprint density at radius 2 is 2.08 bits per heavy atom. The second-order valence-corrected chi connectivity index (χ2v) is 5.13. The molecule has 0 saturated heterocycles. The molecule has 1 aromatic carbocycles. The molecule has 3 rings (SSSR count). The minimum atomic E-state index is -0.818. The fourth-order valence-electron chi connectivity index (χ4n) is 2.07. The van der Waals surface area contributed by atoms with Gasteiger partial charge in [-0.3, -0.25) is 14.8 Å². The molecule has 3 aromatic rings. The number of carbonyl (C=O) groups is 1. The molecule has 2 aromatic heterocycles. The van der Waals surface area contributed by atoms with Gasteiger partial charge in [-0.15, -0.1) is 0 Å². The molecular formula is C16H13N5O5. The van der Waals surface area contributed by atoms with Crippen LogP contribution in [0.25, 0.3) is 0 Å². The minimum Gasteiger partial charge on any atom is -0.452 e. The predicted molar refractivity (Wildman–Crippen MR) is 89.3 cm³/mol. The quantitative estimate of drug-likeness (QED) is 0.234. The maximum absolute atomic E-state index is 11.9. The van der Waals surface area contributed by atoms with Gasteiger partial charge in [-0.2, -0.15) is 5.10 Å². The highest BCUT2D eigenvalue weighted by Crippen LogP contribution is 2.13. The number of rotatable bonds is 6. The van der Waals surface area contributed by atoms with Gasteiger partial charge >= 0.3 is 5.97 Å². The van der Waals surface area contributed by atoms with Gasteiger partial charge < -0.3 is 15.0 Å². The van der Waals surface area contributed by atoms with Crippen molar-refractivity contribution in [1.29, 1.82) is 0 Å². The maximum Gasteiger partial charge on any atom is 0.400 e. The number of nitrogens with two attached hydrogens (primary N) is 1. The molecule has 2 N–H and O–H groups in total. The topological polar surface area (TPSA) is 139 Å². The lowest BCUT2D eigenvalue weighted by Gasteiger charge is -2.00. The number of nitro benzene ring substituents is 1. The Labute approximate surface area is 146 Å². The van der Waals surface area contributed by atoms with Crippen LogP contribution < -0.4 is 5.73 Å². The highest BCUT2D eigenvalue weighted by molar-refractivity contribution is 5.98. The van der Waals surface area contributed by atoms with Crippen molar-refractivity contribution in [2.24, 2.45) is 10.9 Å². The third kappa shape index (κ3) is 3.93. The zero-order valence-corrected chi connectivity index (χ0v) is 13.3. The van der Waals surface area contributed by atoms with Gasteiger partial charge in [0.2, 0.25) is 5.76 Å². The fraction of sp³-hybridized carbons (Fsp3) is 0.0625. The zero-order chi connectivity index (χ0) is 18.5. The first-order chi connectivity index (χ1) is 12.5. The average Bonchev–Trinajstić information content (AvgIpc) is 3.32. The monoisotopic (exact) mass is 355 g/mol. The molecule has 0 aliphatic carbocycles. The van der Waals surface area contributed by atoms with E-state index in [1.165, 1.54) is 30.3 Å². The van der Waals surface area contributed by atoms with Crippen molar-refractivity contribution < 1.29 is 19.0 Å². The number of furan rings is 1. The number of non-ortho nitro benzene ring substituents is 1. The van der Waals surface area contributed by atoms with Crippen molar-refractivity contribution in [2.45, 2.75) is 6.54 Å². The summed E-state index contributed by atoms with van der Waals surface area (Å²) < 4.78 is 7.02. The van der Waals surface area contributed by atoms with Crippen LogP contribution in [-0.4, -0.2) is 26.5 Å². The third-order valence-corrected chi connectivity index (χ3v) is 3.34. The Hall–Kier alpha value is -3.95. The van der Waals surface area contributed by atoms with E-state index in [1.54, 1.807) is 29.2 Å². The second-order valence-electron chi connectivity index (χ2n) is 5.13. The molecule has 10 nitrogen and oxygen atoms in total.